The van der Waals surface area contributed by atoms with Crippen LogP contribution >= 0.6 is 0 Å². The Bertz CT molecular complexity index is 285. The monoisotopic (exact) mass is 228 g/mol. The Morgan fingerprint density at radius 3 is 2.69 bits per heavy atom. The molecule has 2 fully saturated rings. The zero-order chi connectivity index (χ0) is 11.5. The number of carboxylic acid groups (broad SMARTS) is 1. The van der Waals surface area contributed by atoms with Gasteiger partial charge in [-0.2, -0.15) is 0 Å². The van der Waals surface area contributed by atoms with Gasteiger partial charge in [-0.3, -0.25) is 9.59 Å². The molecule has 1 aliphatic heterocycles. The standard InChI is InChI=1S/C10H16N2O4/c13-9(14)6-12(7-1-2-7)10(15)8-5-11-3-4-16-8/h7-8,11H,1-6H2,(H,13,14). The Balaban J connectivity index is 1.95. The zero-order valence-electron chi connectivity index (χ0n) is 9.02. The van der Waals surface area contributed by atoms with Gasteiger partial charge in [0.1, 0.15) is 12.6 Å². The van der Waals surface area contributed by atoms with Crippen LogP contribution in [0.2, 0.25) is 0 Å². The summed E-state index contributed by atoms with van der Waals surface area (Å²) in [7, 11) is 0. The lowest BCUT2D eigenvalue weighted by Gasteiger charge is -2.28. The summed E-state index contributed by atoms with van der Waals surface area (Å²) in [6.45, 7) is 1.50. The summed E-state index contributed by atoms with van der Waals surface area (Å²) >= 11 is 0. The van der Waals surface area contributed by atoms with Crippen molar-refractivity contribution in [3.8, 4) is 0 Å². The Labute approximate surface area is 93.6 Å². The summed E-state index contributed by atoms with van der Waals surface area (Å²) in [6, 6.07) is 0.106. The van der Waals surface area contributed by atoms with Crippen LogP contribution in [-0.4, -0.2) is 60.3 Å². The molecule has 1 saturated carbocycles. The minimum absolute atomic E-state index is 0.106. The van der Waals surface area contributed by atoms with Gasteiger partial charge in [0.05, 0.1) is 6.61 Å². The van der Waals surface area contributed by atoms with Gasteiger partial charge in [0.15, 0.2) is 0 Å². The van der Waals surface area contributed by atoms with Crippen LogP contribution in [0.25, 0.3) is 0 Å². The second kappa shape index (κ2) is 4.80. The van der Waals surface area contributed by atoms with Gasteiger partial charge in [-0.05, 0) is 12.8 Å². The van der Waals surface area contributed by atoms with Crippen LogP contribution in [0.1, 0.15) is 12.8 Å². The Hall–Kier alpha value is -1.14. The smallest absolute Gasteiger partial charge is 0.323 e. The van der Waals surface area contributed by atoms with Crippen LogP contribution in [0.3, 0.4) is 0 Å². The van der Waals surface area contributed by atoms with Crippen LogP contribution in [0.4, 0.5) is 0 Å². The molecule has 1 heterocycles. The van der Waals surface area contributed by atoms with E-state index < -0.39 is 12.1 Å². The number of aliphatic carboxylic acids is 1. The summed E-state index contributed by atoms with van der Waals surface area (Å²) in [5, 5.41) is 11.8. The van der Waals surface area contributed by atoms with Crippen LogP contribution < -0.4 is 5.32 Å². The molecule has 1 amide bonds. The highest BCUT2D eigenvalue weighted by Crippen LogP contribution is 2.27. The molecule has 1 saturated heterocycles. The lowest BCUT2D eigenvalue weighted by Crippen LogP contribution is -2.51. The number of rotatable bonds is 4. The molecular weight excluding hydrogens is 212 g/mol. The highest BCUT2D eigenvalue weighted by Gasteiger charge is 2.37. The van der Waals surface area contributed by atoms with Gasteiger partial charge >= 0.3 is 5.97 Å². The van der Waals surface area contributed by atoms with E-state index in [0.717, 1.165) is 19.4 Å². The Kier molecular flexibility index (Phi) is 3.40. The van der Waals surface area contributed by atoms with Gasteiger partial charge in [-0.15, -0.1) is 0 Å². The number of nitrogens with one attached hydrogen (secondary N) is 1. The maximum atomic E-state index is 12.0. The first-order valence-corrected chi connectivity index (χ1v) is 5.53. The number of ether oxygens (including phenoxy) is 1. The second-order valence-electron chi connectivity index (χ2n) is 4.15. The fourth-order valence-corrected chi connectivity index (χ4v) is 1.83. The fraction of sp³-hybridized carbons (Fsp3) is 0.800. The molecule has 0 radical (unpaired) electrons. The van der Waals surface area contributed by atoms with E-state index in [1.165, 1.54) is 4.90 Å². The molecule has 0 aromatic carbocycles. The van der Waals surface area contributed by atoms with Crippen molar-refractivity contribution < 1.29 is 19.4 Å². The van der Waals surface area contributed by atoms with Gasteiger partial charge in [0.25, 0.3) is 5.91 Å². The van der Waals surface area contributed by atoms with E-state index >= 15 is 0 Å². The van der Waals surface area contributed by atoms with E-state index in [1.807, 2.05) is 0 Å². The van der Waals surface area contributed by atoms with E-state index in [-0.39, 0.29) is 18.5 Å². The molecule has 0 aromatic heterocycles. The van der Waals surface area contributed by atoms with Crippen molar-refractivity contribution >= 4 is 11.9 Å². The number of amides is 1. The zero-order valence-corrected chi connectivity index (χ0v) is 9.02. The second-order valence-corrected chi connectivity index (χ2v) is 4.15. The lowest BCUT2D eigenvalue weighted by molar-refractivity contribution is -0.152. The number of carboxylic acids is 1. The average Bonchev–Trinajstić information content (AvgIpc) is 3.10. The molecule has 1 unspecified atom stereocenters. The van der Waals surface area contributed by atoms with E-state index in [1.54, 1.807) is 0 Å². The summed E-state index contributed by atoms with van der Waals surface area (Å²) < 4.78 is 5.33. The van der Waals surface area contributed by atoms with Gasteiger partial charge < -0.3 is 20.1 Å². The molecule has 0 aromatic rings. The molecule has 0 spiro atoms. The maximum absolute atomic E-state index is 12.0. The van der Waals surface area contributed by atoms with Crippen molar-refractivity contribution in [1.29, 1.82) is 0 Å². The van der Waals surface area contributed by atoms with Crippen molar-refractivity contribution in [1.82, 2.24) is 10.2 Å². The molecule has 2 aliphatic rings. The van der Waals surface area contributed by atoms with Crippen LogP contribution in [0.15, 0.2) is 0 Å². The molecule has 2 N–H and O–H groups in total. The van der Waals surface area contributed by atoms with Gasteiger partial charge in [0.2, 0.25) is 0 Å². The van der Waals surface area contributed by atoms with Gasteiger partial charge in [-0.25, -0.2) is 0 Å². The summed E-state index contributed by atoms with van der Waals surface area (Å²) in [5.41, 5.74) is 0. The first-order chi connectivity index (χ1) is 7.68. The number of carbonyl (C=O) groups excluding carboxylic acids is 1. The molecule has 1 aliphatic carbocycles. The quantitative estimate of drug-likeness (QED) is 0.648. The third kappa shape index (κ3) is 2.70. The minimum atomic E-state index is -0.969. The predicted octanol–water partition coefficient (Wildman–Crippen LogP) is -0.950. The molecule has 6 heteroatoms. The fourth-order valence-electron chi connectivity index (χ4n) is 1.83. The summed E-state index contributed by atoms with van der Waals surface area (Å²) in [4.78, 5) is 24.1. The topological polar surface area (TPSA) is 78.9 Å². The molecular formula is C10H16N2O4. The number of morpholine rings is 1. The first kappa shape index (κ1) is 11.3. The van der Waals surface area contributed by atoms with Crippen LogP contribution in [0.5, 0.6) is 0 Å². The number of hydrogen-bond donors (Lipinski definition) is 2. The normalized spacial score (nSPS) is 25.1. The van der Waals surface area contributed by atoms with Crippen molar-refractivity contribution in [2.45, 2.75) is 25.0 Å². The number of nitrogens with zero attached hydrogens (tertiary/aromatic N) is 1. The largest absolute Gasteiger partial charge is 0.480 e. The Morgan fingerprint density at radius 1 is 1.44 bits per heavy atom. The average molecular weight is 228 g/mol. The highest BCUT2D eigenvalue weighted by molar-refractivity contribution is 5.85. The van der Waals surface area contributed by atoms with Crippen molar-refractivity contribution in [2.24, 2.45) is 0 Å². The number of carbonyl (C=O) groups is 2. The molecule has 90 valence electrons. The van der Waals surface area contributed by atoms with Crippen molar-refractivity contribution in [2.75, 3.05) is 26.2 Å². The van der Waals surface area contributed by atoms with Gasteiger partial charge in [0, 0.05) is 19.1 Å². The van der Waals surface area contributed by atoms with E-state index in [0.29, 0.717) is 13.2 Å². The lowest BCUT2D eigenvalue weighted by atomic mass is 10.2. The van der Waals surface area contributed by atoms with Crippen LogP contribution in [-0.2, 0) is 14.3 Å². The highest BCUT2D eigenvalue weighted by atomic mass is 16.5. The van der Waals surface area contributed by atoms with Gasteiger partial charge in [-0.1, -0.05) is 0 Å². The molecule has 6 nitrogen and oxygen atoms in total. The minimum Gasteiger partial charge on any atom is -0.480 e. The molecule has 16 heavy (non-hydrogen) atoms. The molecule has 2 rings (SSSR count). The van der Waals surface area contributed by atoms with Crippen molar-refractivity contribution in [3.05, 3.63) is 0 Å². The van der Waals surface area contributed by atoms with E-state index in [4.69, 9.17) is 9.84 Å². The third-order valence-corrected chi connectivity index (χ3v) is 2.78. The van der Waals surface area contributed by atoms with E-state index in [2.05, 4.69) is 5.32 Å². The SMILES string of the molecule is O=C(O)CN(C(=O)C1CNCCO1)C1CC1. The first-order valence-electron chi connectivity index (χ1n) is 5.53. The summed E-state index contributed by atoms with van der Waals surface area (Å²) in [6.07, 6.45) is 1.28. The van der Waals surface area contributed by atoms with E-state index in [9.17, 15) is 9.59 Å². The molecule has 1 atom stereocenters. The Morgan fingerprint density at radius 2 is 2.19 bits per heavy atom. The van der Waals surface area contributed by atoms with Crippen LogP contribution in [0, 0.1) is 0 Å². The number of hydrogen-bond acceptors (Lipinski definition) is 4. The predicted molar refractivity (Wildman–Crippen MR) is 55.0 cm³/mol. The summed E-state index contributed by atoms with van der Waals surface area (Å²) in [5.74, 6) is -1.17. The molecule has 0 bridgehead atoms. The van der Waals surface area contributed by atoms with Crippen molar-refractivity contribution in [3.63, 3.8) is 0 Å². The maximum Gasteiger partial charge on any atom is 0.323 e. The third-order valence-electron chi connectivity index (χ3n) is 2.78.